The second-order valence-corrected chi connectivity index (χ2v) is 3.53. The van der Waals surface area contributed by atoms with Crippen molar-refractivity contribution >= 4 is 0 Å². The summed E-state index contributed by atoms with van der Waals surface area (Å²) in [6, 6.07) is 0. The van der Waals surface area contributed by atoms with Crippen molar-refractivity contribution in [1.29, 1.82) is 0 Å². The number of ether oxygens (including phenoxy) is 1. The molecule has 0 aromatic rings. The number of hydrogen-bond acceptors (Lipinski definition) is 3. The number of hydrogen-bond donors (Lipinski definition) is 1. The molecule has 1 fully saturated rings. The SMILES string of the molecule is C=C(/C=C\CC)N(N)C1CCCCO1. The van der Waals surface area contributed by atoms with Gasteiger partial charge in [-0.2, -0.15) is 0 Å². The summed E-state index contributed by atoms with van der Waals surface area (Å²) in [5, 5.41) is 1.63. The van der Waals surface area contributed by atoms with Gasteiger partial charge in [-0.3, -0.25) is 5.01 Å². The molecule has 0 saturated carbocycles. The molecule has 0 spiro atoms. The van der Waals surface area contributed by atoms with Gasteiger partial charge in [0.1, 0.15) is 6.23 Å². The molecule has 0 bridgehead atoms. The molecule has 0 aromatic heterocycles. The van der Waals surface area contributed by atoms with E-state index in [0.29, 0.717) is 0 Å². The Morgan fingerprint density at radius 2 is 2.43 bits per heavy atom. The van der Waals surface area contributed by atoms with E-state index < -0.39 is 0 Å². The first-order valence-corrected chi connectivity index (χ1v) is 5.26. The van der Waals surface area contributed by atoms with Gasteiger partial charge in [0.05, 0.1) is 0 Å². The van der Waals surface area contributed by atoms with E-state index in [2.05, 4.69) is 13.5 Å². The van der Waals surface area contributed by atoms with E-state index in [-0.39, 0.29) is 6.23 Å². The highest BCUT2D eigenvalue weighted by Gasteiger charge is 2.18. The molecule has 1 aliphatic heterocycles. The smallest absolute Gasteiger partial charge is 0.143 e. The molecule has 0 aliphatic carbocycles. The van der Waals surface area contributed by atoms with Crippen LogP contribution in [-0.4, -0.2) is 17.8 Å². The third-order valence-electron chi connectivity index (χ3n) is 2.34. The van der Waals surface area contributed by atoms with Crippen LogP contribution in [0.1, 0.15) is 32.6 Å². The predicted molar refractivity (Wildman–Crippen MR) is 58.2 cm³/mol. The second-order valence-electron chi connectivity index (χ2n) is 3.53. The molecule has 1 atom stereocenters. The molecule has 3 nitrogen and oxygen atoms in total. The Morgan fingerprint density at radius 3 is 3.00 bits per heavy atom. The summed E-state index contributed by atoms with van der Waals surface area (Å²) < 4.78 is 5.55. The molecule has 1 saturated heterocycles. The highest BCUT2D eigenvalue weighted by molar-refractivity contribution is 5.12. The van der Waals surface area contributed by atoms with E-state index in [4.69, 9.17) is 10.6 Å². The maximum atomic E-state index is 5.89. The molecule has 14 heavy (non-hydrogen) atoms. The van der Waals surface area contributed by atoms with Gasteiger partial charge >= 0.3 is 0 Å². The summed E-state index contributed by atoms with van der Waals surface area (Å²) in [6.45, 7) is 6.80. The lowest BCUT2D eigenvalue weighted by molar-refractivity contribution is -0.0700. The van der Waals surface area contributed by atoms with Gasteiger partial charge in [0, 0.05) is 12.3 Å². The summed E-state index contributed by atoms with van der Waals surface area (Å²) in [5.41, 5.74) is 0.818. The summed E-state index contributed by atoms with van der Waals surface area (Å²) >= 11 is 0. The van der Waals surface area contributed by atoms with Crippen molar-refractivity contribution in [3.63, 3.8) is 0 Å². The van der Waals surface area contributed by atoms with Crippen molar-refractivity contribution in [2.45, 2.75) is 38.8 Å². The van der Waals surface area contributed by atoms with Gasteiger partial charge in [0.15, 0.2) is 0 Å². The number of rotatable bonds is 4. The van der Waals surface area contributed by atoms with Crippen LogP contribution in [0.2, 0.25) is 0 Å². The largest absolute Gasteiger partial charge is 0.357 e. The maximum Gasteiger partial charge on any atom is 0.143 e. The van der Waals surface area contributed by atoms with Gasteiger partial charge < -0.3 is 4.74 Å². The van der Waals surface area contributed by atoms with Crippen molar-refractivity contribution < 1.29 is 4.74 Å². The first kappa shape index (κ1) is 11.3. The van der Waals surface area contributed by atoms with Gasteiger partial charge in [-0.25, -0.2) is 5.84 Å². The third-order valence-corrected chi connectivity index (χ3v) is 2.34. The zero-order chi connectivity index (χ0) is 10.4. The molecule has 1 rings (SSSR count). The van der Waals surface area contributed by atoms with Gasteiger partial charge in [0.25, 0.3) is 0 Å². The minimum absolute atomic E-state index is 0.0118. The quantitative estimate of drug-likeness (QED) is 0.425. The predicted octanol–water partition coefficient (Wildman–Crippen LogP) is 2.17. The van der Waals surface area contributed by atoms with E-state index in [1.807, 2.05) is 12.2 Å². The minimum atomic E-state index is 0.0118. The van der Waals surface area contributed by atoms with Crippen LogP contribution in [0.25, 0.3) is 0 Å². The fourth-order valence-corrected chi connectivity index (χ4v) is 1.47. The molecule has 2 N–H and O–H groups in total. The van der Waals surface area contributed by atoms with E-state index in [0.717, 1.165) is 31.6 Å². The number of hydrazine groups is 1. The Balaban J connectivity index is 2.41. The molecule has 0 radical (unpaired) electrons. The lowest BCUT2D eigenvalue weighted by Crippen LogP contribution is -2.42. The fraction of sp³-hybridized carbons (Fsp3) is 0.636. The Kier molecular flexibility index (Phi) is 4.70. The van der Waals surface area contributed by atoms with Crippen LogP contribution in [0, 0.1) is 0 Å². The van der Waals surface area contributed by atoms with Crippen molar-refractivity contribution in [3.8, 4) is 0 Å². The van der Waals surface area contributed by atoms with Crippen molar-refractivity contribution in [1.82, 2.24) is 5.01 Å². The zero-order valence-corrected chi connectivity index (χ0v) is 8.91. The van der Waals surface area contributed by atoms with Gasteiger partial charge in [-0.15, -0.1) is 0 Å². The summed E-state index contributed by atoms with van der Waals surface area (Å²) in [4.78, 5) is 0. The number of allylic oxidation sites excluding steroid dienone is 2. The average Bonchev–Trinajstić information content (AvgIpc) is 2.26. The van der Waals surface area contributed by atoms with Crippen LogP contribution >= 0.6 is 0 Å². The van der Waals surface area contributed by atoms with Crippen LogP contribution in [0.3, 0.4) is 0 Å². The Hall–Kier alpha value is -0.800. The normalized spacial score (nSPS) is 22.6. The number of nitrogens with zero attached hydrogens (tertiary/aromatic N) is 1. The Morgan fingerprint density at radius 1 is 1.64 bits per heavy atom. The molecular formula is C11H20N2O. The summed E-state index contributed by atoms with van der Waals surface area (Å²) in [6.07, 6.45) is 8.32. The van der Waals surface area contributed by atoms with Crippen LogP contribution in [0.5, 0.6) is 0 Å². The zero-order valence-electron chi connectivity index (χ0n) is 8.91. The first-order valence-electron chi connectivity index (χ1n) is 5.26. The van der Waals surface area contributed by atoms with Gasteiger partial charge in [-0.1, -0.05) is 19.6 Å². The summed E-state index contributed by atoms with van der Waals surface area (Å²) in [7, 11) is 0. The monoisotopic (exact) mass is 196 g/mol. The van der Waals surface area contributed by atoms with Crippen molar-refractivity contribution in [2.24, 2.45) is 5.84 Å². The molecule has 0 aromatic carbocycles. The second kappa shape index (κ2) is 5.83. The lowest BCUT2D eigenvalue weighted by atomic mass is 10.2. The van der Waals surface area contributed by atoms with Gasteiger partial charge in [-0.05, 0) is 31.8 Å². The Labute approximate surface area is 86.2 Å². The summed E-state index contributed by atoms with van der Waals surface area (Å²) in [5.74, 6) is 5.89. The standard InChI is InChI=1S/C11H20N2O/c1-3-4-7-10(2)13(12)11-8-5-6-9-14-11/h4,7,11H,2-3,5-6,8-9,12H2,1H3/b7-4-. The van der Waals surface area contributed by atoms with Crippen LogP contribution in [-0.2, 0) is 4.74 Å². The Bertz CT molecular complexity index is 207. The first-order chi connectivity index (χ1) is 6.75. The number of nitrogens with two attached hydrogens (primary N) is 1. The van der Waals surface area contributed by atoms with E-state index in [9.17, 15) is 0 Å². The highest BCUT2D eigenvalue weighted by Crippen LogP contribution is 2.17. The molecule has 1 aliphatic rings. The van der Waals surface area contributed by atoms with Crippen LogP contribution in [0.15, 0.2) is 24.4 Å². The molecule has 0 amide bonds. The van der Waals surface area contributed by atoms with Crippen LogP contribution in [0.4, 0.5) is 0 Å². The van der Waals surface area contributed by atoms with Crippen molar-refractivity contribution in [2.75, 3.05) is 6.61 Å². The molecule has 3 heteroatoms. The topological polar surface area (TPSA) is 38.5 Å². The average molecular weight is 196 g/mol. The van der Waals surface area contributed by atoms with Gasteiger partial charge in [0.2, 0.25) is 0 Å². The van der Waals surface area contributed by atoms with Crippen molar-refractivity contribution in [3.05, 3.63) is 24.4 Å². The minimum Gasteiger partial charge on any atom is -0.357 e. The highest BCUT2D eigenvalue weighted by atomic mass is 16.5. The lowest BCUT2D eigenvalue weighted by Gasteiger charge is -2.32. The maximum absolute atomic E-state index is 5.89. The van der Waals surface area contributed by atoms with E-state index in [1.165, 1.54) is 6.42 Å². The molecule has 1 heterocycles. The molecule has 1 unspecified atom stereocenters. The van der Waals surface area contributed by atoms with E-state index in [1.54, 1.807) is 5.01 Å². The van der Waals surface area contributed by atoms with E-state index >= 15 is 0 Å². The third kappa shape index (κ3) is 3.16. The fourth-order valence-electron chi connectivity index (χ4n) is 1.47. The van der Waals surface area contributed by atoms with Crippen LogP contribution < -0.4 is 5.84 Å². The molecule has 80 valence electrons. The molecular weight excluding hydrogens is 176 g/mol.